The van der Waals surface area contributed by atoms with Crippen molar-refractivity contribution in [2.45, 2.75) is 69.1 Å². The zero-order valence-corrected chi connectivity index (χ0v) is 24.5. The number of H-pyrrole nitrogens is 1. The van der Waals surface area contributed by atoms with Crippen molar-refractivity contribution in [1.29, 1.82) is 0 Å². The van der Waals surface area contributed by atoms with Gasteiger partial charge in [0.1, 0.15) is 18.1 Å². The van der Waals surface area contributed by atoms with Crippen LogP contribution in [-0.2, 0) is 36.8 Å². The van der Waals surface area contributed by atoms with E-state index in [1.54, 1.807) is 6.20 Å². The molecule has 0 aliphatic rings. The summed E-state index contributed by atoms with van der Waals surface area (Å²) in [6.45, 7) is 0.371. The predicted octanol–water partition coefficient (Wildman–Crippen LogP) is 0.214. The van der Waals surface area contributed by atoms with Crippen LogP contribution in [0, 0.1) is 0 Å². The van der Waals surface area contributed by atoms with Crippen molar-refractivity contribution in [1.82, 2.24) is 20.9 Å². The molecule has 1 aromatic heterocycles. The minimum Gasteiger partial charge on any atom is -0.480 e. The van der Waals surface area contributed by atoms with Gasteiger partial charge in [-0.25, -0.2) is 4.79 Å². The number of aromatic nitrogens is 1. The molecular weight excluding hydrogens is 566 g/mol. The number of hydrogen-bond acceptors (Lipinski definition) is 7. The lowest BCUT2D eigenvalue weighted by Gasteiger charge is -2.25. The Labute approximate surface area is 255 Å². The van der Waals surface area contributed by atoms with E-state index < -0.39 is 53.8 Å². The maximum absolute atomic E-state index is 13.7. The van der Waals surface area contributed by atoms with E-state index in [1.807, 2.05) is 54.6 Å². The van der Waals surface area contributed by atoms with E-state index in [1.165, 1.54) is 0 Å². The van der Waals surface area contributed by atoms with Crippen LogP contribution in [0.2, 0.25) is 0 Å². The van der Waals surface area contributed by atoms with E-state index in [4.69, 9.17) is 17.2 Å². The molecule has 3 aromatic rings. The Morgan fingerprint density at radius 2 is 1.41 bits per heavy atom. The third-order valence-corrected chi connectivity index (χ3v) is 7.24. The third kappa shape index (κ3) is 10.2. The predicted molar refractivity (Wildman–Crippen MR) is 165 cm³/mol. The normalized spacial score (nSPS) is 13.8. The fraction of sp³-hybridized carbons (Fsp3) is 0.387. The number of hydrogen-bond donors (Lipinski definition) is 8. The molecule has 4 unspecified atom stereocenters. The molecule has 11 N–H and O–H groups in total. The number of amides is 4. The van der Waals surface area contributed by atoms with Gasteiger partial charge in [0, 0.05) is 29.9 Å². The lowest BCUT2D eigenvalue weighted by Crippen LogP contribution is -2.57. The Bertz CT molecular complexity index is 1430. The molecule has 1 heterocycles. The largest absolute Gasteiger partial charge is 0.480 e. The summed E-state index contributed by atoms with van der Waals surface area (Å²) in [5.74, 6) is -4.02. The number of carbonyl (C=O) groups is 5. The number of nitrogens with two attached hydrogens (primary N) is 3. The number of carboxylic acids is 1. The fourth-order valence-corrected chi connectivity index (χ4v) is 4.82. The van der Waals surface area contributed by atoms with Crippen molar-refractivity contribution in [2.24, 2.45) is 17.2 Å². The molecule has 0 saturated carbocycles. The lowest BCUT2D eigenvalue weighted by molar-refractivity contribution is -0.142. The van der Waals surface area contributed by atoms with Crippen molar-refractivity contribution >= 4 is 40.5 Å². The van der Waals surface area contributed by atoms with Crippen LogP contribution < -0.4 is 33.2 Å². The van der Waals surface area contributed by atoms with Gasteiger partial charge in [-0.3, -0.25) is 19.2 Å². The van der Waals surface area contributed by atoms with Gasteiger partial charge >= 0.3 is 5.97 Å². The highest BCUT2D eigenvalue weighted by Gasteiger charge is 2.31. The maximum Gasteiger partial charge on any atom is 0.326 e. The van der Waals surface area contributed by atoms with E-state index in [-0.39, 0.29) is 32.1 Å². The number of carboxylic acid groups (broad SMARTS) is 1. The van der Waals surface area contributed by atoms with Crippen LogP contribution >= 0.6 is 0 Å². The van der Waals surface area contributed by atoms with Crippen molar-refractivity contribution < 1.29 is 29.1 Å². The number of primary amides is 1. The van der Waals surface area contributed by atoms with Crippen LogP contribution in [0.5, 0.6) is 0 Å². The monoisotopic (exact) mass is 607 g/mol. The Morgan fingerprint density at radius 1 is 0.773 bits per heavy atom. The molecular formula is C31H41N7O6. The summed E-state index contributed by atoms with van der Waals surface area (Å²) in [7, 11) is 0. The fourth-order valence-electron chi connectivity index (χ4n) is 4.82. The molecule has 13 nitrogen and oxygen atoms in total. The smallest absolute Gasteiger partial charge is 0.326 e. The maximum atomic E-state index is 13.7. The first-order chi connectivity index (χ1) is 21.1. The zero-order valence-electron chi connectivity index (χ0n) is 24.5. The highest BCUT2D eigenvalue weighted by Crippen LogP contribution is 2.19. The number of para-hydroxylation sites is 1. The number of fused-ring (bicyclic) bond motifs is 1. The third-order valence-electron chi connectivity index (χ3n) is 7.24. The van der Waals surface area contributed by atoms with Crippen molar-refractivity contribution in [3.8, 4) is 0 Å². The Balaban J connectivity index is 1.82. The molecule has 0 aliphatic heterocycles. The number of aromatic amines is 1. The molecule has 0 fully saturated rings. The summed E-state index contributed by atoms with van der Waals surface area (Å²) in [5, 5.41) is 18.2. The van der Waals surface area contributed by atoms with Crippen LogP contribution in [0.4, 0.5) is 0 Å². The first kappa shape index (κ1) is 33.7. The molecule has 44 heavy (non-hydrogen) atoms. The Hall–Kier alpha value is -4.75. The van der Waals surface area contributed by atoms with Gasteiger partial charge < -0.3 is 43.2 Å². The summed E-state index contributed by atoms with van der Waals surface area (Å²) in [5.41, 5.74) is 19.4. The van der Waals surface area contributed by atoms with Crippen LogP contribution in [0.15, 0.2) is 60.8 Å². The molecule has 3 rings (SSSR count). The molecule has 0 bridgehead atoms. The number of carbonyl (C=O) groups excluding carboxylic acids is 4. The average Bonchev–Trinajstić information content (AvgIpc) is 3.41. The number of unbranched alkanes of at least 4 members (excludes halogenated alkanes) is 1. The van der Waals surface area contributed by atoms with Gasteiger partial charge in [0.25, 0.3) is 0 Å². The molecule has 0 spiro atoms. The highest BCUT2D eigenvalue weighted by atomic mass is 16.4. The number of rotatable bonds is 18. The van der Waals surface area contributed by atoms with Gasteiger partial charge in [0.15, 0.2) is 0 Å². The van der Waals surface area contributed by atoms with Crippen LogP contribution in [0.1, 0.15) is 43.2 Å². The van der Waals surface area contributed by atoms with Gasteiger partial charge in [-0.1, -0.05) is 48.5 Å². The second kappa shape index (κ2) is 16.8. The average molecular weight is 608 g/mol. The second-order valence-corrected chi connectivity index (χ2v) is 10.7. The lowest BCUT2D eigenvalue weighted by atomic mass is 10.0. The van der Waals surface area contributed by atoms with E-state index in [0.29, 0.717) is 19.4 Å². The molecule has 0 saturated heterocycles. The Morgan fingerprint density at radius 3 is 2.09 bits per heavy atom. The zero-order chi connectivity index (χ0) is 32.1. The quantitative estimate of drug-likeness (QED) is 0.0929. The number of nitrogens with one attached hydrogen (secondary N) is 4. The molecule has 4 atom stereocenters. The molecule has 0 aliphatic carbocycles. The second-order valence-electron chi connectivity index (χ2n) is 10.7. The first-order valence-electron chi connectivity index (χ1n) is 14.6. The minimum absolute atomic E-state index is 0.0562. The summed E-state index contributed by atoms with van der Waals surface area (Å²) in [6.07, 6.45) is 2.77. The minimum atomic E-state index is -1.30. The topological polar surface area (TPSA) is 236 Å². The van der Waals surface area contributed by atoms with Crippen LogP contribution in [0.25, 0.3) is 10.9 Å². The SMILES string of the molecule is NCCCCC(NC(=O)C(CCC(N)=O)NC(=O)C(Cc1c[nH]c2ccccc12)NC(=O)C(N)Cc1ccccc1)C(=O)O. The van der Waals surface area contributed by atoms with Gasteiger partial charge in [0.05, 0.1) is 6.04 Å². The first-order valence-corrected chi connectivity index (χ1v) is 14.6. The van der Waals surface area contributed by atoms with E-state index in [9.17, 15) is 29.1 Å². The highest BCUT2D eigenvalue weighted by molar-refractivity contribution is 5.95. The molecule has 236 valence electrons. The van der Waals surface area contributed by atoms with Crippen molar-refractivity contribution in [3.05, 3.63) is 71.9 Å². The number of benzene rings is 2. The van der Waals surface area contributed by atoms with Gasteiger partial charge in [-0.05, 0) is 55.8 Å². The van der Waals surface area contributed by atoms with E-state index in [2.05, 4.69) is 20.9 Å². The summed E-state index contributed by atoms with van der Waals surface area (Å²) >= 11 is 0. The van der Waals surface area contributed by atoms with Crippen LogP contribution in [-0.4, -0.2) is 70.4 Å². The molecule has 2 aromatic carbocycles. The number of aliphatic carboxylic acids is 1. The summed E-state index contributed by atoms with van der Waals surface area (Å²) in [4.78, 5) is 66.6. The summed E-state index contributed by atoms with van der Waals surface area (Å²) in [6, 6.07) is 12.0. The molecule has 0 radical (unpaired) electrons. The molecule has 4 amide bonds. The van der Waals surface area contributed by atoms with E-state index >= 15 is 0 Å². The Kier molecular flexibility index (Phi) is 12.9. The standard InChI is InChI=1S/C31H41N7O6/c32-15-7-6-12-25(31(43)44)37-29(41)24(13-14-27(34)39)36-30(42)26(17-20-18-35-23-11-5-4-10-21(20)23)38-28(40)22(33)16-19-8-2-1-3-9-19/h1-5,8-11,18,22,24-26,35H,6-7,12-17,32-33H2,(H2,34,39)(H,36,42)(H,37,41)(H,38,40)(H,43,44). The van der Waals surface area contributed by atoms with E-state index in [0.717, 1.165) is 22.0 Å². The van der Waals surface area contributed by atoms with Gasteiger partial charge in [-0.2, -0.15) is 0 Å². The van der Waals surface area contributed by atoms with Crippen molar-refractivity contribution in [3.63, 3.8) is 0 Å². The van der Waals surface area contributed by atoms with Gasteiger partial charge in [-0.15, -0.1) is 0 Å². The van der Waals surface area contributed by atoms with Gasteiger partial charge in [0.2, 0.25) is 23.6 Å². The van der Waals surface area contributed by atoms with Crippen LogP contribution in [0.3, 0.4) is 0 Å². The van der Waals surface area contributed by atoms with Crippen molar-refractivity contribution in [2.75, 3.05) is 6.54 Å². The molecule has 13 heteroatoms. The summed E-state index contributed by atoms with van der Waals surface area (Å²) < 4.78 is 0.